The first kappa shape index (κ1) is 18.5. The number of hydrogen-bond acceptors (Lipinski definition) is 3. The number of fused-ring (bicyclic) bond motifs is 1. The molecular weight excluding hydrogens is 397 g/mol. The second kappa shape index (κ2) is 7.96. The third-order valence-corrected chi connectivity index (χ3v) is 4.77. The van der Waals surface area contributed by atoms with Gasteiger partial charge in [-0.1, -0.05) is 71.2 Å². The van der Waals surface area contributed by atoms with Crippen molar-refractivity contribution in [2.75, 3.05) is 11.9 Å². The second-order valence-corrected chi connectivity index (χ2v) is 6.56. The molecule has 0 heterocycles. The fourth-order valence-electron chi connectivity index (χ4n) is 2.44. The average molecular weight is 409 g/mol. The van der Waals surface area contributed by atoms with E-state index in [4.69, 9.17) is 39.5 Å². The Hall–Kier alpha value is -2.27. The maximum Gasteiger partial charge on any atom is 0.341 e. The zero-order valence-electron chi connectivity index (χ0n) is 13.3. The van der Waals surface area contributed by atoms with Crippen molar-refractivity contribution in [3.8, 4) is 0 Å². The van der Waals surface area contributed by atoms with Crippen LogP contribution in [0.1, 0.15) is 10.4 Å². The third kappa shape index (κ3) is 3.93. The molecule has 0 atom stereocenters. The van der Waals surface area contributed by atoms with Gasteiger partial charge in [-0.3, -0.25) is 4.79 Å². The Morgan fingerprint density at radius 3 is 2.38 bits per heavy atom. The number of carbonyl (C=O) groups excluding carboxylic acids is 2. The fraction of sp³-hybridized carbons (Fsp3) is 0.0526. The van der Waals surface area contributed by atoms with Crippen molar-refractivity contribution < 1.29 is 14.3 Å². The summed E-state index contributed by atoms with van der Waals surface area (Å²) in [5.74, 6) is -1.31. The maximum atomic E-state index is 12.2. The molecule has 132 valence electrons. The molecule has 1 N–H and O–H groups in total. The van der Waals surface area contributed by atoms with Gasteiger partial charge in [-0.15, -0.1) is 0 Å². The van der Waals surface area contributed by atoms with Crippen molar-refractivity contribution in [2.24, 2.45) is 0 Å². The van der Waals surface area contributed by atoms with Gasteiger partial charge in [0.25, 0.3) is 5.91 Å². The Morgan fingerprint density at radius 2 is 1.58 bits per heavy atom. The van der Waals surface area contributed by atoms with Crippen LogP contribution in [-0.4, -0.2) is 18.5 Å². The quantitative estimate of drug-likeness (QED) is 0.452. The van der Waals surface area contributed by atoms with Crippen LogP contribution < -0.4 is 5.32 Å². The zero-order valence-corrected chi connectivity index (χ0v) is 15.5. The standard InChI is InChI=1S/C19H12Cl3NO3/c20-13-8-9-14(21)18(22)17(13)19(25)26-10-16(24)23-15-7-3-5-11-4-1-2-6-12(11)15/h1-9H,10H2,(H,23,24). The summed E-state index contributed by atoms with van der Waals surface area (Å²) in [6.45, 7) is -0.485. The molecule has 0 spiro atoms. The van der Waals surface area contributed by atoms with Gasteiger partial charge in [0, 0.05) is 11.1 Å². The van der Waals surface area contributed by atoms with Crippen LogP contribution in [0.5, 0.6) is 0 Å². The molecule has 0 saturated carbocycles. The van der Waals surface area contributed by atoms with E-state index in [1.807, 2.05) is 36.4 Å². The molecular formula is C19H12Cl3NO3. The Labute approximate surface area is 164 Å². The number of anilines is 1. The first-order chi connectivity index (χ1) is 12.5. The minimum atomic E-state index is -0.824. The molecule has 7 heteroatoms. The van der Waals surface area contributed by atoms with Crippen molar-refractivity contribution in [1.82, 2.24) is 0 Å². The molecule has 0 aliphatic carbocycles. The smallest absolute Gasteiger partial charge is 0.341 e. The Bertz CT molecular complexity index is 999. The van der Waals surface area contributed by atoms with E-state index in [0.29, 0.717) is 5.69 Å². The number of benzene rings is 3. The molecule has 26 heavy (non-hydrogen) atoms. The van der Waals surface area contributed by atoms with Crippen molar-refractivity contribution in [3.63, 3.8) is 0 Å². The largest absolute Gasteiger partial charge is 0.452 e. The fourth-order valence-corrected chi connectivity index (χ4v) is 3.12. The van der Waals surface area contributed by atoms with E-state index in [2.05, 4.69) is 5.32 Å². The van der Waals surface area contributed by atoms with Gasteiger partial charge in [-0.2, -0.15) is 0 Å². The number of halogens is 3. The van der Waals surface area contributed by atoms with Crippen LogP contribution in [-0.2, 0) is 9.53 Å². The van der Waals surface area contributed by atoms with Crippen LogP contribution in [0.2, 0.25) is 15.1 Å². The van der Waals surface area contributed by atoms with E-state index >= 15 is 0 Å². The van der Waals surface area contributed by atoms with Crippen molar-refractivity contribution in [2.45, 2.75) is 0 Å². The van der Waals surface area contributed by atoms with Gasteiger partial charge in [0.1, 0.15) is 0 Å². The molecule has 1 amide bonds. The van der Waals surface area contributed by atoms with Crippen LogP contribution in [0.4, 0.5) is 5.69 Å². The summed E-state index contributed by atoms with van der Waals surface area (Å²) in [6.07, 6.45) is 0. The summed E-state index contributed by atoms with van der Waals surface area (Å²) >= 11 is 17.8. The molecule has 3 aromatic rings. The molecule has 4 nitrogen and oxygen atoms in total. The highest BCUT2D eigenvalue weighted by molar-refractivity contribution is 6.46. The van der Waals surface area contributed by atoms with Gasteiger partial charge in [0.05, 0.1) is 20.6 Å². The molecule has 0 aromatic heterocycles. The van der Waals surface area contributed by atoms with Gasteiger partial charge in [-0.05, 0) is 23.6 Å². The number of rotatable bonds is 4. The Kier molecular flexibility index (Phi) is 5.67. The predicted octanol–water partition coefficient (Wildman–Crippen LogP) is 5.60. The second-order valence-electron chi connectivity index (χ2n) is 5.37. The molecule has 0 saturated heterocycles. The van der Waals surface area contributed by atoms with Gasteiger partial charge in [0.15, 0.2) is 6.61 Å². The lowest BCUT2D eigenvalue weighted by Gasteiger charge is -2.11. The monoisotopic (exact) mass is 407 g/mol. The number of amides is 1. The van der Waals surface area contributed by atoms with E-state index in [0.717, 1.165) is 10.8 Å². The Morgan fingerprint density at radius 1 is 0.885 bits per heavy atom. The normalized spacial score (nSPS) is 10.6. The zero-order chi connectivity index (χ0) is 18.7. The molecule has 0 bridgehead atoms. The van der Waals surface area contributed by atoms with Crippen LogP contribution in [0.15, 0.2) is 54.6 Å². The van der Waals surface area contributed by atoms with Crippen LogP contribution in [0, 0.1) is 0 Å². The highest BCUT2D eigenvalue weighted by Crippen LogP contribution is 2.32. The summed E-state index contributed by atoms with van der Waals surface area (Å²) < 4.78 is 5.01. The number of esters is 1. The minimum Gasteiger partial charge on any atom is -0.452 e. The summed E-state index contributed by atoms with van der Waals surface area (Å²) in [6, 6.07) is 16.1. The maximum absolute atomic E-state index is 12.2. The molecule has 0 radical (unpaired) electrons. The lowest BCUT2D eigenvalue weighted by atomic mass is 10.1. The molecule has 0 fully saturated rings. The van der Waals surface area contributed by atoms with E-state index in [1.165, 1.54) is 12.1 Å². The highest BCUT2D eigenvalue weighted by atomic mass is 35.5. The van der Waals surface area contributed by atoms with E-state index in [9.17, 15) is 9.59 Å². The lowest BCUT2D eigenvalue weighted by molar-refractivity contribution is -0.119. The molecule has 0 unspecified atom stereocenters. The minimum absolute atomic E-state index is 0.0152. The summed E-state index contributed by atoms with van der Waals surface area (Å²) in [5, 5.41) is 4.85. The van der Waals surface area contributed by atoms with E-state index in [-0.39, 0.29) is 20.6 Å². The molecule has 0 aliphatic rings. The molecule has 3 rings (SSSR count). The number of ether oxygens (including phenoxy) is 1. The average Bonchev–Trinajstić information content (AvgIpc) is 2.64. The Balaban J connectivity index is 1.70. The molecule has 3 aromatic carbocycles. The third-order valence-electron chi connectivity index (χ3n) is 3.65. The van der Waals surface area contributed by atoms with Crippen molar-refractivity contribution in [3.05, 3.63) is 75.2 Å². The van der Waals surface area contributed by atoms with Crippen molar-refractivity contribution >= 4 is 63.1 Å². The van der Waals surface area contributed by atoms with Gasteiger partial charge < -0.3 is 10.1 Å². The first-order valence-electron chi connectivity index (χ1n) is 7.55. The number of hydrogen-bond donors (Lipinski definition) is 1. The summed E-state index contributed by atoms with van der Waals surface area (Å²) in [4.78, 5) is 24.3. The molecule has 0 aliphatic heterocycles. The summed E-state index contributed by atoms with van der Waals surface area (Å²) in [7, 11) is 0. The van der Waals surface area contributed by atoms with Crippen LogP contribution in [0.3, 0.4) is 0 Å². The van der Waals surface area contributed by atoms with Crippen LogP contribution in [0.25, 0.3) is 10.8 Å². The number of carbonyl (C=O) groups is 2. The first-order valence-corrected chi connectivity index (χ1v) is 8.69. The van der Waals surface area contributed by atoms with Gasteiger partial charge in [0.2, 0.25) is 0 Å². The van der Waals surface area contributed by atoms with Gasteiger partial charge in [-0.25, -0.2) is 4.79 Å². The predicted molar refractivity (Wildman–Crippen MR) is 104 cm³/mol. The SMILES string of the molecule is O=C(COC(=O)c1c(Cl)ccc(Cl)c1Cl)Nc1cccc2ccccc12. The van der Waals surface area contributed by atoms with Gasteiger partial charge >= 0.3 is 5.97 Å². The van der Waals surface area contributed by atoms with Crippen molar-refractivity contribution in [1.29, 1.82) is 0 Å². The lowest BCUT2D eigenvalue weighted by Crippen LogP contribution is -2.21. The van der Waals surface area contributed by atoms with Crippen LogP contribution >= 0.6 is 34.8 Å². The summed E-state index contributed by atoms with van der Waals surface area (Å²) in [5.41, 5.74) is 0.557. The number of nitrogens with one attached hydrogen (secondary N) is 1. The van der Waals surface area contributed by atoms with E-state index < -0.39 is 18.5 Å². The highest BCUT2D eigenvalue weighted by Gasteiger charge is 2.20. The topological polar surface area (TPSA) is 55.4 Å². The van der Waals surface area contributed by atoms with E-state index in [1.54, 1.807) is 6.07 Å².